The molecule has 72 valence electrons. The van der Waals surface area contributed by atoms with E-state index in [-0.39, 0.29) is 6.42 Å². The van der Waals surface area contributed by atoms with Crippen LogP contribution in [0.1, 0.15) is 20.3 Å². The summed E-state index contributed by atoms with van der Waals surface area (Å²) in [7, 11) is 0. The van der Waals surface area contributed by atoms with Gasteiger partial charge in [-0.15, -0.1) is 0 Å². The Morgan fingerprint density at radius 1 is 1.17 bits per heavy atom. The van der Waals surface area contributed by atoms with Gasteiger partial charge in [-0.25, -0.2) is 0 Å². The summed E-state index contributed by atoms with van der Waals surface area (Å²) in [4.78, 5) is 0. The van der Waals surface area contributed by atoms with Crippen LogP contribution in [0.3, 0.4) is 0 Å². The lowest BCUT2D eigenvalue weighted by Gasteiger charge is -2.20. The second kappa shape index (κ2) is 5.27. The molecule has 0 atom stereocenters. The predicted molar refractivity (Wildman–Crippen MR) is 44.0 cm³/mol. The maximum atomic E-state index is 8.74. The summed E-state index contributed by atoms with van der Waals surface area (Å²) in [6.07, 6.45) is -1.33. The van der Waals surface area contributed by atoms with Crippen molar-refractivity contribution in [3.8, 4) is 0 Å². The molecule has 0 rings (SSSR count). The van der Waals surface area contributed by atoms with Crippen molar-refractivity contribution in [1.29, 1.82) is 0 Å². The van der Waals surface area contributed by atoms with Crippen molar-refractivity contribution < 1.29 is 20.4 Å². The first-order valence-electron chi connectivity index (χ1n) is 3.83. The van der Waals surface area contributed by atoms with Gasteiger partial charge >= 0.3 is 0 Å². The maximum Gasteiger partial charge on any atom is 0.159 e. The highest BCUT2D eigenvalue weighted by atomic mass is 16.5. The molecule has 4 N–H and O–H groups in total. The second-order valence-corrected chi connectivity index (χ2v) is 2.83. The van der Waals surface area contributed by atoms with Gasteiger partial charge in [-0.3, -0.25) is 0 Å². The van der Waals surface area contributed by atoms with E-state index in [0.29, 0.717) is 0 Å². The average Bonchev–Trinajstić information content (AvgIpc) is 1.98. The fourth-order valence-electron chi connectivity index (χ4n) is 0.854. The number of aliphatic hydroxyl groups is 4. The summed E-state index contributed by atoms with van der Waals surface area (Å²) in [6.45, 7) is 3.59. The van der Waals surface area contributed by atoms with Crippen LogP contribution in [0.5, 0.6) is 0 Å². The Balaban J connectivity index is 4.14. The molecular formula is C8H16O4. The molecule has 4 heteroatoms. The summed E-state index contributed by atoms with van der Waals surface area (Å²) in [6, 6.07) is 0. The Morgan fingerprint density at radius 2 is 1.58 bits per heavy atom. The Labute approximate surface area is 71.8 Å². The van der Waals surface area contributed by atoms with E-state index < -0.39 is 18.5 Å². The lowest BCUT2D eigenvalue weighted by Crippen LogP contribution is -2.31. The minimum absolute atomic E-state index is 0.270. The van der Waals surface area contributed by atoms with Crippen LogP contribution >= 0.6 is 0 Å². The first kappa shape index (κ1) is 11.6. The van der Waals surface area contributed by atoms with E-state index in [4.69, 9.17) is 20.4 Å². The van der Waals surface area contributed by atoms with Crippen molar-refractivity contribution in [3.63, 3.8) is 0 Å². The van der Waals surface area contributed by atoms with E-state index in [0.717, 1.165) is 5.57 Å². The van der Waals surface area contributed by atoms with E-state index in [1.807, 2.05) is 0 Å². The lowest BCUT2D eigenvalue weighted by molar-refractivity contribution is -0.177. The van der Waals surface area contributed by atoms with Crippen LogP contribution in [0.15, 0.2) is 11.6 Å². The molecule has 0 saturated carbocycles. The maximum absolute atomic E-state index is 8.74. The molecule has 0 aliphatic heterocycles. The molecule has 0 fully saturated rings. The molecule has 0 aromatic carbocycles. The molecule has 0 aliphatic rings. The quantitative estimate of drug-likeness (QED) is 0.346. The SMILES string of the molecule is C/C=C(\C)CC(C(O)O)C(O)O. The monoisotopic (exact) mass is 176 g/mol. The first-order valence-corrected chi connectivity index (χ1v) is 3.83. The van der Waals surface area contributed by atoms with Gasteiger partial charge in [0.05, 0.1) is 5.92 Å². The highest BCUT2D eigenvalue weighted by molar-refractivity contribution is 4.97. The molecule has 4 nitrogen and oxygen atoms in total. The van der Waals surface area contributed by atoms with Crippen LogP contribution in [-0.4, -0.2) is 33.0 Å². The van der Waals surface area contributed by atoms with Gasteiger partial charge in [0.15, 0.2) is 12.6 Å². The van der Waals surface area contributed by atoms with E-state index in [9.17, 15) is 0 Å². The van der Waals surface area contributed by atoms with Gasteiger partial charge in [0.25, 0.3) is 0 Å². The zero-order chi connectivity index (χ0) is 9.72. The number of allylic oxidation sites excluding steroid dienone is 2. The van der Waals surface area contributed by atoms with Crippen molar-refractivity contribution in [2.75, 3.05) is 0 Å². The lowest BCUT2D eigenvalue weighted by atomic mass is 9.99. The third-order valence-electron chi connectivity index (χ3n) is 1.82. The first-order chi connectivity index (χ1) is 5.49. The molecule has 0 aromatic heterocycles. The van der Waals surface area contributed by atoms with Gasteiger partial charge in [-0.1, -0.05) is 11.6 Å². The Hall–Kier alpha value is -0.420. The normalized spacial score (nSPS) is 13.6. The van der Waals surface area contributed by atoms with E-state index in [2.05, 4.69) is 0 Å². The van der Waals surface area contributed by atoms with E-state index in [1.165, 1.54) is 0 Å². The Bertz CT molecular complexity index is 143. The van der Waals surface area contributed by atoms with Crippen molar-refractivity contribution in [1.82, 2.24) is 0 Å². The summed E-state index contributed by atoms with van der Waals surface area (Å²) >= 11 is 0. The van der Waals surface area contributed by atoms with Crippen LogP contribution in [0.4, 0.5) is 0 Å². The van der Waals surface area contributed by atoms with Crippen LogP contribution in [0, 0.1) is 5.92 Å². The summed E-state index contributed by atoms with van der Waals surface area (Å²) in [5, 5.41) is 34.9. The van der Waals surface area contributed by atoms with Crippen molar-refractivity contribution >= 4 is 0 Å². The smallest absolute Gasteiger partial charge is 0.159 e. The zero-order valence-electron chi connectivity index (χ0n) is 7.31. The highest BCUT2D eigenvalue weighted by Crippen LogP contribution is 2.16. The number of rotatable bonds is 4. The van der Waals surface area contributed by atoms with Gasteiger partial charge in [-0.2, -0.15) is 0 Å². The van der Waals surface area contributed by atoms with Crippen molar-refractivity contribution in [2.24, 2.45) is 5.92 Å². The summed E-state index contributed by atoms with van der Waals surface area (Å²) in [5.74, 6) is -0.929. The topological polar surface area (TPSA) is 80.9 Å². The Morgan fingerprint density at radius 3 is 1.83 bits per heavy atom. The van der Waals surface area contributed by atoms with Crippen LogP contribution < -0.4 is 0 Å². The van der Waals surface area contributed by atoms with Crippen molar-refractivity contribution in [3.05, 3.63) is 11.6 Å². The number of hydrogen-bond acceptors (Lipinski definition) is 4. The van der Waals surface area contributed by atoms with Crippen molar-refractivity contribution in [2.45, 2.75) is 32.8 Å². The summed E-state index contributed by atoms with van der Waals surface area (Å²) in [5.41, 5.74) is 0.890. The Kier molecular flexibility index (Phi) is 5.08. The largest absolute Gasteiger partial charge is 0.368 e. The van der Waals surface area contributed by atoms with Gasteiger partial charge in [0.1, 0.15) is 0 Å². The third-order valence-corrected chi connectivity index (χ3v) is 1.82. The molecule has 0 saturated heterocycles. The molecule has 0 radical (unpaired) electrons. The molecular weight excluding hydrogens is 160 g/mol. The van der Waals surface area contributed by atoms with Crippen LogP contribution in [0.2, 0.25) is 0 Å². The molecule has 0 heterocycles. The molecule has 0 spiro atoms. The molecule has 0 bridgehead atoms. The number of aliphatic hydroxyl groups excluding tert-OH is 2. The van der Waals surface area contributed by atoms with E-state index >= 15 is 0 Å². The van der Waals surface area contributed by atoms with Gasteiger partial charge in [0, 0.05) is 0 Å². The highest BCUT2D eigenvalue weighted by Gasteiger charge is 2.23. The molecule has 0 unspecified atom stereocenters. The standard InChI is InChI=1S/C8H16O4/c1-3-5(2)4-6(7(9)10)8(11)12/h3,6-12H,4H2,1-2H3/b5-3+. The minimum Gasteiger partial charge on any atom is -0.368 e. The van der Waals surface area contributed by atoms with E-state index in [1.54, 1.807) is 19.9 Å². The predicted octanol–water partition coefficient (Wildman–Crippen LogP) is -0.420. The van der Waals surface area contributed by atoms with Gasteiger partial charge < -0.3 is 20.4 Å². The molecule has 0 aromatic rings. The van der Waals surface area contributed by atoms with Gasteiger partial charge in [-0.05, 0) is 20.3 Å². The fraction of sp³-hybridized carbons (Fsp3) is 0.750. The van der Waals surface area contributed by atoms with Crippen LogP contribution in [-0.2, 0) is 0 Å². The minimum atomic E-state index is -1.69. The van der Waals surface area contributed by atoms with Crippen LogP contribution in [0.25, 0.3) is 0 Å². The second-order valence-electron chi connectivity index (χ2n) is 2.83. The number of hydrogen-bond donors (Lipinski definition) is 4. The molecule has 0 aliphatic carbocycles. The summed E-state index contributed by atoms with van der Waals surface area (Å²) < 4.78 is 0. The average molecular weight is 176 g/mol. The van der Waals surface area contributed by atoms with Gasteiger partial charge in [0.2, 0.25) is 0 Å². The molecule has 0 amide bonds. The fourth-order valence-corrected chi connectivity index (χ4v) is 0.854. The molecule has 12 heavy (non-hydrogen) atoms. The third kappa shape index (κ3) is 3.82. The zero-order valence-corrected chi connectivity index (χ0v) is 7.31.